The molecule has 2 nitrogen and oxygen atoms in total. The summed E-state index contributed by atoms with van der Waals surface area (Å²) < 4.78 is 0. The molecule has 1 unspecified atom stereocenters. The van der Waals surface area contributed by atoms with Gasteiger partial charge in [-0.3, -0.25) is 4.90 Å². The predicted octanol–water partition coefficient (Wildman–Crippen LogP) is 3.27. The summed E-state index contributed by atoms with van der Waals surface area (Å²) in [5.41, 5.74) is 4.17. The van der Waals surface area contributed by atoms with Gasteiger partial charge in [0.15, 0.2) is 0 Å². The minimum atomic E-state index is 0.659. The SMILES string of the molecule is Cc1ccc(CNCC(C)N2CCCCC2)cc1C. The monoisotopic (exact) mass is 260 g/mol. The van der Waals surface area contributed by atoms with E-state index in [-0.39, 0.29) is 0 Å². The Balaban J connectivity index is 1.74. The summed E-state index contributed by atoms with van der Waals surface area (Å²) in [4.78, 5) is 2.62. The zero-order valence-corrected chi connectivity index (χ0v) is 12.7. The van der Waals surface area contributed by atoms with Crippen molar-refractivity contribution >= 4 is 0 Å². The molecule has 1 N–H and O–H groups in total. The standard InChI is InChI=1S/C17H28N2/c1-14-7-8-17(11-15(14)2)13-18-12-16(3)19-9-5-4-6-10-19/h7-8,11,16,18H,4-6,9-10,12-13H2,1-3H3. The lowest BCUT2D eigenvalue weighted by atomic mass is 10.1. The van der Waals surface area contributed by atoms with Crippen LogP contribution in [-0.2, 0) is 6.54 Å². The molecule has 2 heteroatoms. The largest absolute Gasteiger partial charge is 0.311 e. The number of likely N-dealkylation sites (tertiary alicyclic amines) is 1. The van der Waals surface area contributed by atoms with Crippen molar-refractivity contribution < 1.29 is 0 Å². The average molecular weight is 260 g/mol. The molecule has 0 amide bonds. The van der Waals surface area contributed by atoms with Crippen molar-refractivity contribution in [2.24, 2.45) is 0 Å². The van der Waals surface area contributed by atoms with Crippen LogP contribution in [0.15, 0.2) is 18.2 Å². The van der Waals surface area contributed by atoms with Crippen molar-refractivity contribution in [3.63, 3.8) is 0 Å². The third-order valence-electron chi connectivity index (χ3n) is 4.35. The maximum Gasteiger partial charge on any atom is 0.0206 e. The molecule has 106 valence electrons. The summed E-state index contributed by atoms with van der Waals surface area (Å²) in [5.74, 6) is 0. The van der Waals surface area contributed by atoms with E-state index in [1.54, 1.807) is 0 Å². The number of rotatable bonds is 5. The van der Waals surface area contributed by atoms with Gasteiger partial charge in [-0.2, -0.15) is 0 Å². The van der Waals surface area contributed by atoms with Crippen molar-refractivity contribution in [1.29, 1.82) is 0 Å². The van der Waals surface area contributed by atoms with E-state index in [0.717, 1.165) is 13.1 Å². The molecule has 2 rings (SSSR count). The number of hydrogen-bond donors (Lipinski definition) is 1. The molecular formula is C17H28N2. The zero-order valence-electron chi connectivity index (χ0n) is 12.7. The van der Waals surface area contributed by atoms with Gasteiger partial charge in [-0.25, -0.2) is 0 Å². The fourth-order valence-electron chi connectivity index (χ4n) is 2.83. The Labute approximate surface area is 118 Å². The van der Waals surface area contributed by atoms with Crippen LogP contribution < -0.4 is 5.32 Å². The van der Waals surface area contributed by atoms with Crippen LogP contribution in [0.1, 0.15) is 42.9 Å². The quantitative estimate of drug-likeness (QED) is 0.874. The molecule has 1 heterocycles. The Bertz CT molecular complexity index is 394. The molecule has 1 aromatic carbocycles. The van der Waals surface area contributed by atoms with E-state index in [1.165, 1.54) is 49.0 Å². The van der Waals surface area contributed by atoms with Crippen LogP contribution in [0.4, 0.5) is 0 Å². The van der Waals surface area contributed by atoms with Crippen molar-refractivity contribution in [2.45, 2.75) is 52.6 Å². The minimum Gasteiger partial charge on any atom is -0.311 e. The summed E-state index contributed by atoms with van der Waals surface area (Å²) in [6, 6.07) is 7.42. The maximum atomic E-state index is 3.60. The summed E-state index contributed by atoms with van der Waals surface area (Å²) >= 11 is 0. The first kappa shape index (κ1) is 14.5. The van der Waals surface area contributed by atoms with Crippen LogP contribution in [0.2, 0.25) is 0 Å². The summed E-state index contributed by atoms with van der Waals surface area (Å²) in [5, 5.41) is 3.60. The van der Waals surface area contributed by atoms with Crippen LogP contribution in [0.5, 0.6) is 0 Å². The van der Waals surface area contributed by atoms with Gasteiger partial charge in [0, 0.05) is 19.1 Å². The second-order valence-electron chi connectivity index (χ2n) is 6.00. The molecule has 1 fully saturated rings. The van der Waals surface area contributed by atoms with Gasteiger partial charge in [-0.05, 0) is 63.4 Å². The van der Waals surface area contributed by atoms with E-state index < -0.39 is 0 Å². The molecular weight excluding hydrogens is 232 g/mol. The van der Waals surface area contributed by atoms with E-state index in [2.05, 4.69) is 49.2 Å². The molecule has 0 radical (unpaired) electrons. The normalized spacial score (nSPS) is 18.5. The van der Waals surface area contributed by atoms with Gasteiger partial charge in [0.1, 0.15) is 0 Å². The van der Waals surface area contributed by atoms with Crippen molar-refractivity contribution in [3.05, 3.63) is 34.9 Å². The van der Waals surface area contributed by atoms with Crippen molar-refractivity contribution in [2.75, 3.05) is 19.6 Å². The van der Waals surface area contributed by atoms with Gasteiger partial charge in [0.05, 0.1) is 0 Å². The topological polar surface area (TPSA) is 15.3 Å². The zero-order chi connectivity index (χ0) is 13.7. The maximum absolute atomic E-state index is 3.60. The number of aryl methyl sites for hydroxylation is 2. The molecule has 1 aliphatic rings. The highest BCUT2D eigenvalue weighted by atomic mass is 15.2. The first-order valence-corrected chi connectivity index (χ1v) is 7.67. The second-order valence-corrected chi connectivity index (χ2v) is 6.00. The molecule has 1 saturated heterocycles. The molecule has 1 atom stereocenters. The van der Waals surface area contributed by atoms with Crippen LogP contribution in [0.3, 0.4) is 0 Å². The molecule has 1 aliphatic heterocycles. The third-order valence-corrected chi connectivity index (χ3v) is 4.35. The third kappa shape index (κ3) is 4.32. The Morgan fingerprint density at radius 2 is 1.84 bits per heavy atom. The van der Waals surface area contributed by atoms with Gasteiger partial charge in [-0.1, -0.05) is 24.6 Å². The first-order valence-electron chi connectivity index (χ1n) is 7.67. The van der Waals surface area contributed by atoms with E-state index >= 15 is 0 Å². The van der Waals surface area contributed by atoms with Gasteiger partial charge >= 0.3 is 0 Å². The highest BCUT2D eigenvalue weighted by molar-refractivity contribution is 5.29. The smallest absolute Gasteiger partial charge is 0.0206 e. The average Bonchev–Trinajstić information content (AvgIpc) is 2.43. The summed E-state index contributed by atoms with van der Waals surface area (Å²) in [7, 11) is 0. The molecule has 0 saturated carbocycles. The van der Waals surface area contributed by atoms with Gasteiger partial charge < -0.3 is 5.32 Å². The van der Waals surface area contributed by atoms with E-state index in [1.807, 2.05) is 0 Å². The molecule has 0 aliphatic carbocycles. The van der Waals surface area contributed by atoms with Crippen LogP contribution in [0, 0.1) is 13.8 Å². The fourth-order valence-corrected chi connectivity index (χ4v) is 2.83. The lowest BCUT2D eigenvalue weighted by molar-refractivity contribution is 0.170. The van der Waals surface area contributed by atoms with E-state index in [0.29, 0.717) is 6.04 Å². The minimum absolute atomic E-state index is 0.659. The summed E-state index contributed by atoms with van der Waals surface area (Å²) in [6.45, 7) is 11.4. The Morgan fingerprint density at radius 3 is 2.53 bits per heavy atom. The van der Waals surface area contributed by atoms with Crippen molar-refractivity contribution in [1.82, 2.24) is 10.2 Å². The molecule has 19 heavy (non-hydrogen) atoms. The Hall–Kier alpha value is -0.860. The van der Waals surface area contributed by atoms with Crippen LogP contribution >= 0.6 is 0 Å². The number of piperidine rings is 1. The summed E-state index contributed by atoms with van der Waals surface area (Å²) in [6.07, 6.45) is 4.17. The van der Waals surface area contributed by atoms with Gasteiger partial charge in [-0.15, -0.1) is 0 Å². The highest BCUT2D eigenvalue weighted by Gasteiger charge is 2.15. The Morgan fingerprint density at radius 1 is 1.11 bits per heavy atom. The van der Waals surface area contributed by atoms with Crippen LogP contribution in [0.25, 0.3) is 0 Å². The molecule has 0 spiro atoms. The fraction of sp³-hybridized carbons (Fsp3) is 0.647. The highest BCUT2D eigenvalue weighted by Crippen LogP contribution is 2.12. The number of benzene rings is 1. The lowest BCUT2D eigenvalue weighted by Gasteiger charge is -2.32. The van der Waals surface area contributed by atoms with Gasteiger partial charge in [0.25, 0.3) is 0 Å². The predicted molar refractivity (Wildman–Crippen MR) is 82.5 cm³/mol. The molecule has 1 aromatic rings. The van der Waals surface area contributed by atoms with E-state index in [4.69, 9.17) is 0 Å². The Kier molecular flexibility index (Phi) is 5.41. The lowest BCUT2D eigenvalue weighted by Crippen LogP contribution is -2.42. The number of hydrogen-bond acceptors (Lipinski definition) is 2. The van der Waals surface area contributed by atoms with E-state index in [9.17, 15) is 0 Å². The second kappa shape index (κ2) is 7.06. The van der Waals surface area contributed by atoms with Crippen molar-refractivity contribution in [3.8, 4) is 0 Å². The number of nitrogens with zero attached hydrogens (tertiary/aromatic N) is 1. The van der Waals surface area contributed by atoms with Gasteiger partial charge in [0.2, 0.25) is 0 Å². The van der Waals surface area contributed by atoms with Crippen LogP contribution in [-0.4, -0.2) is 30.6 Å². The first-order chi connectivity index (χ1) is 9.16. The molecule has 0 aromatic heterocycles. The number of nitrogens with one attached hydrogen (secondary N) is 1. The molecule has 0 bridgehead atoms.